The summed E-state index contributed by atoms with van der Waals surface area (Å²) in [5.41, 5.74) is 3.95. The lowest BCUT2D eigenvalue weighted by molar-refractivity contribution is 0.135. The van der Waals surface area contributed by atoms with Crippen LogP contribution < -0.4 is 4.72 Å². The molecular weight excluding hydrogens is 416 g/mol. The van der Waals surface area contributed by atoms with E-state index in [1.54, 1.807) is 14.1 Å². The molecule has 6 nitrogen and oxygen atoms in total. The van der Waals surface area contributed by atoms with E-state index in [-0.39, 0.29) is 6.04 Å². The summed E-state index contributed by atoms with van der Waals surface area (Å²) in [6, 6.07) is 6.80. The molecule has 0 saturated carbocycles. The third-order valence-corrected chi connectivity index (χ3v) is 8.57. The molecule has 1 aliphatic carbocycles. The van der Waals surface area contributed by atoms with Gasteiger partial charge in [-0.05, 0) is 53.0 Å². The van der Waals surface area contributed by atoms with Gasteiger partial charge in [-0.2, -0.15) is 17.4 Å². The summed E-state index contributed by atoms with van der Waals surface area (Å²) in [5.74, 6) is 0.328. The Hall–Kier alpha value is -0.930. The summed E-state index contributed by atoms with van der Waals surface area (Å²) in [6.45, 7) is 0.726. The van der Waals surface area contributed by atoms with Gasteiger partial charge in [0.25, 0.3) is 10.2 Å². The van der Waals surface area contributed by atoms with E-state index < -0.39 is 10.2 Å². The van der Waals surface area contributed by atoms with Gasteiger partial charge in [0.2, 0.25) is 0 Å². The minimum Gasteiger partial charge on any atom is -0.338 e. The molecule has 26 heavy (non-hydrogen) atoms. The number of nitrogens with one attached hydrogen (secondary N) is 1. The van der Waals surface area contributed by atoms with Crippen LogP contribution in [0.1, 0.15) is 23.5 Å². The largest absolute Gasteiger partial charge is 0.338 e. The Morgan fingerprint density at radius 2 is 2.00 bits per heavy atom. The SMILES string of the molecule is CN1CC(NS(=O)(=O)N(C)C)C[C@@H]2c3cccc4c3c(c(Br)n4C)C[C@H]21. The van der Waals surface area contributed by atoms with Crippen LogP contribution in [0.2, 0.25) is 0 Å². The highest BCUT2D eigenvalue weighted by Crippen LogP contribution is 2.46. The highest BCUT2D eigenvalue weighted by molar-refractivity contribution is 9.10. The molecule has 2 heterocycles. The molecule has 8 heteroatoms. The van der Waals surface area contributed by atoms with Crippen LogP contribution in [0.25, 0.3) is 10.9 Å². The van der Waals surface area contributed by atoms with Gasteiger partial charge in [0.1, 0.15) is 0 Å². The van der Waals surface area contributed by atoms with E-state index in [0.717, 1.165) is 24.0 Å². The minimum atomic E-state index is -3.43. The molecule has 4 rings (SSSR count). The lowest BCUT2D eigenvalue weighted by atomic mass is 9.74. The van der Waals surface area contributed by atoms with Gasteiger partial charge < -0.3 is 9.47 Å². The van der Waals surface area contributed by atoms with Crippen LogP contribution in [0, 0.1) is 0 Å². The molecule has 1 N–H and O–H groups in total. The van der Waals surface area contributed by atoms with E-state index in [0.29, 0.717) is 12.0 Å². The van der Waals surface area contributed by atoms with Crippen molar-refractivity contribution in [1.82, 2.24) is 18.5 Å². The van der Waals surface area contributed by atoms with Crippen molar-refractivity contribution in [2.24, 2.45) is 7.05 Å². The molecule has 0 radical (unpaired) electrons. The normalized spacial score (nSPS) is 26.5. The van der Waals surface area contributed by atoms with Crippen molar-refractivity contribution >= 4 is 37.0 Å². The molecule has 1 unspecified atom stereocenters. The monoisotopic (exact) mass is 440 g/mol. The van der Waals surface area contributed by atoms with Crippen LogP contribution >= 0.6 is 15.9 Å². The maximum absolute atomic E-state index is 12.3. The summed E-state index contributed by atoms with van der Waals surface area (Å²) >= 11 is 3.77. The van der Waals surface area contributed by atoms with Crippen LogP contribution in [-0.2, 0) is 23.7 Å². The molecule has 2 aliphatic rings. The summed E-state index contributed by atoms with van der Waals surface area (Å²) in [5, 5.41) is 1.34. The van der Waals surface area contributed by atoms with Crippen LogP contribution in [0.3, 0.4) is 0 Å². The number of fused-ring (bicyclic) bond motifs is 2. The number of nitrogens with zero attached hydrogens (tertiary/aromatic N) is 3. The van der Waals surface area contributed by atoms with Crippen molar-refractivity contribution in [1.29, 1.82) is 0 Å². The molecule has 1 aromatic carbocycles. The second-order valence-electron chi connectivity index (χ2n) is 7.73. The number of halogens is 1. The van der Waals surface area contributed by atoms with Gasteiger partial charge in [-0.25, -0.2) is 0 Å². The predicted molar refractivity (Wildman–Crippen MR) is 108 cm³/mol. The first-order valence-corrected chi connectivity index (χ1v) is 11.1. The number of benzene rings is 1. The van der Waals surface area contributed by atoms with Crippen molar-refractivity contribution in [3.05, 3.63) is 33.9 Å². The molecule has 1 saturated heterocycles. The van der Waals surface area contributed by atoms with Gasteiger partial charge in [-0.15, -0.1) is 0 Å². The van der Waals surface area contributed by atoms with E-state index in [4.69, 9.17) is 0 Å². The zero-order valence-corrected chi connectivity index (χ0v) is 17.9. The Morgan fingerprint density at radius 1 is 1.27 bits per heavy atom. The zero-order chi connectivity index (χ0) is 18.8. The highest BCUT2D eigenvalue weighted by atomic mass is 79.9. The molecule has 3 atom stereocenters. The number of rotatable bonds is 3. The minimum absolute atomic E-state index is 0.0855. The van der Waals surface area contributed by atoms with Crippen LogP contribution in [0.5, 0.6) is 0 Å². The van der Waals surface area contributed by atoms with E-state index in [1.807, 2.05) is 0 Å². The summed E-state index contributed by atoms with van der Waals surface area (Å²) < 4.78 is 32.1. The van der Waals surface area contributed by atoms with Gasteiger partial charge in [0.15, 0.2) is 0 Å². The molecule has 142 valence electrons. The number of likely N-dealkylation sites (tertiary alicyclic amines) is 1. The quantitative estimate of drug-likeness (QED) is 0.794. The van der Waals surface area contributed by atoms with E-state index in [2.05, 4.69) is 62.4 Å². The Morgan fingerprint density at radius 3 is 2.69 bits per heavy atom. The van der Waals surface area contributed by atoms with Crippen LogP contribution in [0.4, 0.5) is 0 Å². The van der Waals surface area contributed by atoms with Gasteiger partial charge >= 0.3 is 0 Å². The molecule has 1 fully saturated rings. The third-order valence-electron chi connectivity index (χ3n) is 5.97. The van der Waals surface area contributed by atoms with Gasteiger partial charge in [-0.1, -0.05) is 12.1 Å². The van der Waals surface area contributed by atoms with Crippen molar-refractivity contribution in [2.45, 2.75) is 30.8 Å². The number of piperidine rings is 1. The number of hydrogen-bond acceptors (Lipinski definition) is 3. The van der Waals surface area contributed by atoms with Crippen LogP contribution in [-0.4, -0.2) is 62.0 Å². The standard InChI is InChI=1S/C18H25BrN4O2S/c1-21(2)26(24,25)20-11-8-13-12-6-5-7-15-17(12)14(18(19)23(15)4)9-16(13)22(3)10-11/h5-7,11,13,16,20H,8-10H2,1-4H3/t11?,13-,16-/m1/s1. The van der Waals surface area contributed by atoms with E-state index in [1.165, 1.54) is 26.3 Å². The van der Waals surface area contributed by atoms with Crippen molar-refractivity contribution < 1.29 is 8.42 Å². The summed E-state index contributed by atoms with van der Waals surface area (Å²) in [4.78, 5) is 2.32. The fourth-order valence-electron chi connectivity index (χ4n) is 4.64. The molecule has 2 aromatic rings. The summed E-state index contributed by atoms with van der Waals surface area (Å²) in [7, 11) is 3.89. The maximum Gasteiger partial charge on any atom is 0.279 e. The second-order valence-corrected chi connectivity index (χ2v) is 10.4. The number of aromatic nitrogens is 1. The third kappa shape index (κ3) is 2.74. The summed E-state index contributed by atoms with van der Waals surface area (Å²) in [6.07, 6.45) is 1.82. The fourth-order valence-corrected chi connectivity index (χ4v) is 6.00. The number of aryl methyl sites for hydroxylation is 1. The Labute approximate surface area is 163 Å². The first-order valence-electron chi connectivity index (χ1n) is 8.86. The fraction of sp³-hybridized carbons (Fsp3) is 0.556. The molecule has 0 amide bonds. The van der Waals surface area contributed by atoms with E-state index >= 15 is 0 Å². The molecule has 0 bridgehead atoms. The van der Waals surface area contributed by atoms with Crippen molar-refractivity contribution in [3.8, 4) is 0 Å². The van der Waals surface area contributed by atoms with E-state index in [9.17, 15) is 8.42 Å². The Kier molecular flexibility index (Phi) is 4.47. The first kappa shape index (κ1) is 18.4. The van der Waals surface area contributed by atoms with Gasteiger partial charge in [0.05, 0.1) is 4.60 Å². The molecular formula is C18H25BrN4O2S. The van der Waals surface area contributed by atoms with Crippen molar-refractivity contribution in [3.63, 3.8) is 0 Å². The molecule has 0 spiro atoms. The Bertz CT molecular complexity index is 969. The number of hydrogen-bond donors (Lipinski definition) is 1. The Balaban J connectivity index is 1.75. The maximum atomic E-state index is 12.3. The lowest BCUT2D eigenvalue weighted by Crippen LogP contribution is -2.56. The first-order chi connectivity index (χ1) is 12.2. The molecule has 1 aliphatic heterocycles. The average Bonchev–Trinajstić information content (AvgIpc) is 2.82. The van der Waals surface area contributed by atoms with Gasteiger partial charge in [-0.3, -0.25) is 0 Å². The lowest BCUT2D eigenvalue weighted by Gasteiger charge is -2.45. The smallest absolute Gasteiger partial charge is 0.279 e. The topological polar surface area (TPSA) is 57.6 Å². The predicted octanol–water partition coefficient (Wildman–Crippen LogP) is 2.05. The zero-order valence-electron chi connectivity index (χ0n) is 15.5. The van der Waals surface area contributed by atoms with Crippen LogP contribution in [0.15, 0.2) is 22.8 Å². The van der Waals surface area contributed by atoms with Gasteiger partial charge in [0, 0.05) is 56.6 Å². The molecule has 1 aromatic heterocycles. The average molecular weight is 441 g/mol. The van der Waals surface area contributed by atoms with Crippen molar-refractivity contribution in [2.75, 3.05) is 27.7 Å². The number of likely N-dealkylation sites (N-methyl/N-ethyl adjacent to an activating group) is 1. The second kappa shape index (κ2) is 6.31. The highest BCUT2D eigenvalue weighted by Gasteiger charge is 2.41.